The van der Waals surface area contributed by atoms with E-state index >= 15 is 0 Å². The number of rotatable bonds is 3. The van der Waals surface area contributed by atoms with E-state index < -0.39 is 18.0 Å². The number of hydrogen-bond donors (Lipinski definition) is 2. The maximum atomic E-state index is 13.3. The molecule has 2 unspecified atom stereocenters. The van der Waals surface area contributed by atoms with Crippen molar-refractivity contribution in [3.63, 3.8) is 0 Å². The standard InChI is InChI=1S/C18H23F3N4O.2ClH/c1-10(2)25-15-5-4-12(8-13(15)24-17(25)18(19,20)21)16(26)23-14-9-22-7-6-11(14)3;;/h4-5,8,10-11,14,22H,6-7,9H2,1-3H3,(H,23,26);2*1H. The zero-order valence-corrected chi connectivity index (χ0v) is 17.5. The minimum atomic E-state index is -4.55. The molecule has 0 bridgehead atoms. The van der Waals surface area contributed by atoms with Crippen LogP contribution in [0.15, 0.2) is 18.2 Å². The van der Waals surface area contributed by atoms with Crippen molar-refractivity contribution in [1.82, 2.24) is 20.2 Å². The molecule has 2 atom stereocenters. The summed E-state index contributed by atoms with van der Waals surface area (Å²) in [6.45, 7) is 7.04. The number of carbonyl (C=O) groups excluding carboxylic acids is 1. The quantitative estimate of drug-likeness (QED) is 0.751. The van der Waals surface area contributed by atoms with E-state index in [4.69, 9.17) is 0 Å². The fraction of sp³-hybridized carbons (Fsp3) is 0.556. The molecule has 0 aliphatic carbocycles. The van der Waals surface area contributed by atoms with Gasteiger partial charge in [0.25, 0.3) is 5.91 Å². The van der Waals surface area contributed by atoms with Crippen molar-refractivity contribution in [2.75, 3.05) is 13.1 Å². The van der Waals surface area contributed by atoms with E-state index in [1.165, 1.54) is 12.1 Å². The fourth-order valence-corrected chi connectivity index (χ4v) is 3.40. The number of imidazole rings is 1. The van der Waals surface area contributed by atoms with Crippen molar-refractivity contribution < 1.29 is 18.0 Å². The summed E-state index contributed by atoms with van der Waals surface area (Å²) in [7, 11) is 0. The van der Waals surface area contributed by atoms with Gasteiger partial charge in [0.15, 0.2) is 0 Å². The van der Waals surface area contributed by atoms with Crippen LogP contribution in [0.25, 0.3) is 11.0 Å². The molecule has 1 aromatic heterocycles. The highest BCUT2D eigenvalue weighted by atomic mass is 35.5. The van der Waals surface area contributed by atoms with Gasteiger partial charge in [-0.15, -0.1) is 24.8 Å². The van der Waals surface area contributed by atoms with E-state index in [0.717, 1.165) is 17.5 Å². The monoisotopic (exact) mass is 440 g/mol. The highest BCUT2D eigenvalue weighted by Crippen LogP contribution is 2.34. The first-order valence-electron chi connectivity index (χ1n) is 8.79. The van der Waals surface area contributed by atoms with Crippen molar-refractivity contribution in [2.45, 2.75) is 45.5 Å². The predicted molar refractivity (Wildman–Crippen MR) is 108 cm³/mol. The number of nitrogens with one attached hydrogen (secondary N) is 2. The maximum absolute atomic E-state index is 13.3. The van der Waals surface area contributed by atoms with Crippen LogP contribution in [0.2, 0.25) is 0 Å². The molecule has 158 valence electrons. The topological polar surface area (TPSA) is 58.9 Å². The molecular formula is C18H25Cl2F3N4O. The third-order valence-corrected chi connectivity index (χ3v) is 4.87. The molecule has 1 aromatic carbocycles. The molecule has 5 nitrogen and oxygen atoms in total. The average molecular weight is 441 g/mol. The summed E-state index contributed by atoms with van der Waals surface area (Å²) in [6, 6.07) is 4.13. The molecule has 28 heavy (non-hydrogen) atoms. The number of hydrogen-bond acceptors (Lipinski definition) is 3. The zero-order valence-electron chi connectivity index (χ0n) is 15.8. The lowest BCUT2D eigenvalue weighted by molar-refractivity contribution is -0.147. The molecule has 0 spiro atoms. The van der Waals surface area contributed by atoms with Gasteiger partial charge in [-0.3, -0.25) is 4.79 Å². The fourth-order valence-electron chi connectivity index (χ4n) is 3.40. The summed E-state index contributed by atoms with van der Waals surface area (Å²) in [5, 5.41) is 6.20. The first-order chi connectivity index (χ1) is 12.2. The molecule has 1 saturated heterocycles. The number of piperidine rings is 1. The highest BCUT2D eigenvalue weighted by molar-refractivity contribution is 5.97. The lowest BCUT2D eigenvalue weighted by atomic mass is 9.94. The van der Waals surface area contributed by atoms with Crippen molar-refractivity contribution in [2.24, 2.45) is 5.92 Å². The maximum Gasteiger partial charge on any atom is 0.449 e. The first kappa shape index (κ1) is 24.5. The minimum absolute atomic E-state index is 0. The Kier molecular flexibility index (Phi) is 8.17. The molecule has 1 amide bonds. The third kappa shape index (κ3) is 4.90. The molecule has 10 heteroatoms. The van der Waals surface area contributed by atoms with Gasteiger partial charge in [0.05, 0.1) is 11.0 Å². The van der Waals surface area contributed by atoms with Crippen molar-refractivity contribution in [3.8, 4) is 0 Å². The van der Waals surface area contributed by atoms with E-state index in [0.29, 0.717) is 23.5 Å². The Bertz CT molecular complexity index is 823. The van der Waals surface area contributed by atoms with Crippen LogP contribution >= 0.6 is 24.8 Å². The number of aromatic nitrogens is 2. The molecule has 2 heterocycles. The smallest absolute Gasteiger partial charge is 0.348 e. The summed E-state index contributed by atoms with van der Waals surface area (Å²) < 4.78 is 41.0. The summed E-state index contributed by atoms with van der Waals surface area (Å²) >= 11 is 0. The van der Waals surface area contributed by atoms with Crippen LogP contribution in [-0.4, -0.2) is 34.6 Å². The van der Waals surface area contributed by atoms with Gasteiger partial charge in [-0.25, -0.2) is 4.98 Å². The Morgan fingerprint density at radius 2 is 2.00 bits per heavy atom. The van der Waals surface area contributed by atoms with Crippen LogP contribution in [0.3, 0.4) is 0 Å². The van der Waals surface area contributed by atoms with Crippen LogP contribution in [0, 0.1) is 5.92 Å². The molecular weight excluding hydrogens is 416 g/mol. The Morgan fingerprint density at radius 3 is 2.57 bits per heavy atom. The summed E-state index contributed by atoms with van der Waals surface area (Å²) in [4.78, 5) is 16.3. The molecule has 1 aliphatic heterocycles. The van der Waals surface area contributed by atoms with E-state index in [1.54, 1.807) is 19.9 Å². The molecule has 3 rings (SSSR count). The molecule has 0 saturated carbocycles. The van der Waals surface area contributed by atoms with Crippen molar-refractivity contribution in [1.29, 1.82) is 0 Å². The second kappa shape index (κ2) is 9.33. The zero-order chi connectivity index (χ0) is 19.1. The van der Waals surface area contributed by atoms with Crippen LogP contribution in [0.5, 0.6) is 0 Å². The number of halogens is 5. The summed E-state index contributed by atoms with van der Waals surface area (Å²) in [6.07, 6.45) is -3.58. The normalized spacial score (nSPS) is 19.8. The van der Waals surface area contributed by atoms with Crippen LogP contribution in [-0.2, 0) is 6.18 Å². The summed E-state index contributed by atoms with van der Waals surface area (Å²) in [5.74, 6) is -0.883. The van der Waals surface area contributed by atoms with E-state index in [-0.39, 0.29) is 42.3 Å². The van der Waals surface area contributed by atoms with Gasteiger partial charge in [-0.2, -0.15) is 13.2 Å². The van der Waals surface area contributed by atoms with E-state index in [9.17, 15) is 18.0 Å². The minimum Gasteiger partial charge on any atom is -0.348 e. The van der Waals surface area contributed by atoms with Gasteiger partial charge in [0.2, 0.25) is 5.82 Å². The van der Waals surface area contributed by atoms with Gasteiger partial charge in [0, 0.05) is 24.2 Å². The SMILES string of the molecule is CC1CCNCC1NC(=O)c1ccc2c(c1)nc(C(F)(F)F)n2C(C)C.Cl.Cl. The predicted octanol–water partition coefficient (Wildman–Crippen LogP) is 4.21. The Morgan fingerprint density at radius 1 is 1.32 bits per heavy atom. The van der Waals surface area contributed by atoms with E-state index in [1.807, 2.05) is 0 Å². The van der Waals surface area contributed by atoms with Crippen LogP contribution in [0.1, 0.15) is 49.4 Å². The van der Waals surface area contributed by atoms with Crippen molar-refractivity contribution >= 4 is 41.8 Å². The Balaban J connectivity index is 0.00000196. The molecule has 1 fully saturated rings. The number of alkyl halides is 3. The van der Waals surface area contributed by atoms with Gasteiger partial charge in [0.1, 0.15) is 0 Å². The van der Waals surface area contributed by atoms with Crippen molar-refractivity contribution in [3.05, 3.63) is 29.6 Å². The molecule has 1 aliphatic rings. The lowest BCUT2D eigenvalue weighted by Gasteiger charge is -2.30. The lowest BCUT2D eigenvalue weighted by Crippen LogP contribution is -2.50. The Hall–Kier alpha value is -1.51. The van der Waals surface area contributed by atoms with Gasteiger partial charge >= 0.3 is 6.18 Å². The third-order valence-electron chi connectivity index (χ3n) is 4.87. The number of fused-ring (bicyclic) bond motifs is 1. The molecule has 2 aromatic rings. The number of benzene rings is 1. The second-order valence-corrected chi connectivity index (χ2v) is 7.15. The first-order valence-corrected chi connectivity index (χ1v) is 8.79. The van der Waals surface area contributed by atoms with Crippen LogP contribution in [0.4, 0.5) is 13.2 Å². The number of nitrogens with zero attached hydrogens (tertiary/aromatic N) is 2. The molecule has 2 N–H and O–H groups in total. The van der Waals surface area contributed by atoms with E-state index in [2.05, 4.69) is 22.5 Å². The largest absolute Gasteiger partial charge is 0.449 e. The van der Waals surface area contributed by atoms with Gasteiger partial charge in [-0.1, -0.05) is 6.92 Å². The van der Waals surface area contributed by atoms with Crippen LogP contribution < -0.4 is 10.6 Å². The number of amides is 1. The molecule has 0 radical (unpaired) electrons. The second-order valence-electron chi connectivity index (χ2n) is 7.15. The summed E-state index contributed by atoms with van der Waals surface area (Å²) in [5.41, 5.74) is 0.863. The highest BCUT2D eigenvalue weighted by Gasteiger charge is 2.38. The average Bonchev–Trinajstić information content (AvgIpc) is 2.96. The van der Waals surface area contributed by atoms with Gasteiger partial charge in [-0.05, 0) is 50.9 Å². The van der Waals surface area contributed by atoms with Gasteiger partial charge < -0.3 is 15.2 Å². The Labute approximate surface area is 174 Å². The number of carbonyl (C=O) groups is 1.